The zero-order valence-electron chi connectivity index (χ0n) is 18.3. The first-order valence-electron chi connectivity index (χ1n) is 10.6. The molecule has 2 N–H and O–H groups in total. The Morgan fingerprint density at radius 1 is 1.19 bits per heavy atom. The standard InChI is InChI=1S/C24H29BrN4O2/c1-4-13-28(5-2)21(30)18-9-6-8-17(15-18)12-14-29-22(31)24(3,27-23(29)26)19-10-7-11-20(25)16-19/h6-11,15-16H,4-5,12-14H2,1-3H3,(H2,26,27). The fourth-order valence-corrected chi connectivity index (χ4v) is 4.26. The lowest BCUT2D eigenvalue weighted by Crippen LogP contribution is -2.43. The lowest BCUT2D eigenvalue weighted by Gasteiger charge is -2.23. The number of amides is 2. The Labute approximate surface area is 192 Å². The summed E-state index contributed by atoms with van der Waals surface area (Å²) in [5, 5.41) is 0. The van der Waals surface area contributed by atoms with Gasteiger partial charge in [-0.15, -0.1) is 0 Å². The Hall–Kier alpha value is -2.67. The Morgan fingerprint density at radius 3 is 2.61 bits per heavy atom. The zero-order valence-corrected chi connectivity index (χ0v) is 19.9. The van der Waals surface area contributed by atoms with Gasteiger partial charge >= 0.3 is 0 Å². The molecule has 2 amide bonds. The quantitative estimate of drug-likeness (QED) is 0.616. The summed E-state index contributed by atoms with van der Waals surface area (Å²) < 4.78 is 0.886. The molecule has 2 aromatic carbocycles. The molecule has 0 aromatic heterocycles. The van der Waals surface area contributed by atoms with E-state index in [1.54, 1.807) is 6.92 Å². The number of hydrogen-bond donors (Lipinski definition) is 1. The van der Waals surface area contributed by atoms with Gasteiger partial charge in [-0.2, -0.15) is 0 Å². The van der Waals surface area contributed by atoms with Crippen LogP contribution in [0, 0.1) is 0 Å². The molecular weight excluding hydrogens is 456 g/mol. The predicted octanol–water partition coefficient (Wildman–Crippen LogP) is 3.94. The number of guanidine groups is 1. The van der Waals surface area contributed by atoms with Crippen LogP contribution in [0.5, 0.6) is 0 Å². The van der Waals surface area contributed by atoms with Crippen molar-refractivity contribution in [2.24, 2.45) is 10.7 Å². The van der Waals surface area contributed by atoms with Gasteiger partial charge in [0.05, 0.1) is 0 Å². The van der Waals surface area contributed by atoms with Crippen LogP contribution in [0.25, 0.3) is 0 Å². The minimum Gasteiger partial charge on any atom is -0.369 e. The number of rotatable bonds is 8. The fourth-order valence-electron chi connectivity index (χ4n) is 3.86. The molecule has 164 valence electrons. The van der Waals surface area contributed by atoms with Crippen LogP contribution in [-0.4, -0.2) is 47.2 Å². The van der Waals surface area contributed by atoms with Crippen LogP contribution >= 0.6 is 15.9 Å². The summed E-state index contributed by atoms with van der Waals surface area (Å²) >= 11 is 3.45. The molecule has 1 atom stereocenters. The smallest absolute Gasteiger partial charge is 0.261 e. The first-order valence-corrected chi connectivity index (χ1v) is 11.4. The van der Waals surface area contributed by atoms with Crippen molar-refractivity contribution in [1.82, 2.24) is 9.80 Å². The lowest BCUT2D eigenvalue weighted by atomic mass is 9.92. The zero-order chi connectivity index (χ0) is 22.6. The second-order valence-corrected chi connectivity index (χ2v) is 8.76. The summed E-state index contributed by atoms with van der Waals surface area (Å²) in [5.74, 6) is 0.113. The predicted molar refractivity (Wildman–Crippen MR) is 127 cm³/mol. The maximum Gasteiger partial charge on any atom is 0.261 e. The van der Waals surface area contributed by atoms with E-state index in [-0.39, 0.29) is 17.8 Å². The molecular formula is C24H29BrN4O2. The number of nitrogens with two attached hydrogens (primary N) is 1. The number of nitrogens with zero attached hydrogens (tertiary/aromatic N) is 3. The highest BCUT2D eigenvalue weighted by Gasteiger charge is 2.45. The van der Waals surface area contributed by atoms with Crippen LogP contribution < -0.4 is 5.73 Å². The lowest BCUT2D eigenvalue weighted by molar-refractivity contribution is -0.130. The molecule has 1 heterocycles. The Morgan fingerprint density at radius 2 is 1.94 bits per heavy atom. The monoisotopic (exact) mass is 484 g/mol. The van der Waals surface area contributed by atoms with Crippen LogP contribution in [0.2, 0.25) is 0 Å². The maximum absolute atomic E-state index is 13.2. The van der Waals surface area contributed by atoms with Crippen molar-refractivity contribution in [2.75, 3.05) is 19.6 Å². The third kappa shape index (κ3) is 4.82. The van der Waals surface area contributed by atoms with E-state index in [4.69, 9.17) is 5.73 Å². The first kappa shape index (κ1) is 23.0. The van der Waals surface area contributed by atoms with Gasteiger partial charge < -0.3 is 10.6 Å². The van der Waals surface area contributed by atoms with Gasteiger partial charge in [-0.05, 0) is 62.1 Å². The Kier molecular flexibility index (Phi) is 7.15. The molecule has 2 aromatic rings. The van der Waals surface area contributed by atoms with Gasteiger partial charge in [0.1, 0.15) is 0 Å². The number of aliphatic imine (C=N–C) groups is 1. The maximum atomic E-state index is 13.2. The number of hydrogen-bond acceptors (Lipinski definition) is 4. The van der Waals surface area contributed by atoms with Crippen LogP contribution in [0.4, 0.5) is 0 Å². The van der Waals surface area contributed by atoms with Crippen molar-refractivity contribution >= 4 is 33.7 Å². The van der Waals surface area contributed by atoms with Gasteiger partial charge in [-0.25, -0.2) is 4.99 Å². The van der Waals surface area contributed by atoms with Crippen LogP contribution in [-0.2, 0) is 16.8 Å². The van der Waals surface area contributed by atoms with Crippen molar-refractivity contribution in [3.05, 3.63) is 69.7 Å². The van der Waals surface area contributed by atoms with E-state index in [1.165, 1.54) is 4.90 Å². The van der Waals surface area contributed by atoms with Crippen molar-refractivity contribution in [2.45, 2.75) is 39.2 Å². The van der Waals surface area contributed by atoms with Gasteiger partial charge in [-0.1, -0.05) is 47.1 Å². The summed E-state index contributed by atoms with van der Waals surface area (Å²) in [7, 11) is 0. The first-order chi connectivity index (χ1) is 14.8. The second-order valence-electron chi connectivity index (χ2n) is 7.84. The van der Waals surface area contributed by atoms with E-state index in [0.717, 1.165) is 28.6 Å². The molecule has 31 heavy (non-hydrogen) atoms. The molecule has 0 fully saturated rings. The van der Waals surface area contributed by atoms with Gasteiger partial charge in [0.2, 0.25) is 0 Å². The normalized spacial score (nSPS) is 18.3. The number of carbonyl (C=O) groups is 2. The molecule has 6 nitrogen and oxygen atoms in total. The summed E-state index contributed by atoms with van der Waals surface area (Å²) in [6.07, 6.45) is 1.50. The molecule has 1 aliphatic heterocycles. The molecule has 0 saturated heterocycles. The summed E-state index contributed by atoms with van der Waals surface area (Å²) in [6, 6.07) is 15.2. The van der Waals surface area contributed by atoms with E-state index in [2.05, 4.69) is 27.8 Å². The largest absolute Gasteiger partial charge is 0.369 e. The Bertz CT molecular complexity index is 1010. The van der Waals surface area contributed by atoms with E-state index in [0.29, 0.717) is 25.1 Å². The number of halogens is 1. The molecule has 0 spiro atoms. The van der Waals surface area contributed by atoms with Gasteiger partial charge in [0, 0.05) is 29.7 Å². The average molecular weight is 485 g/mol. The number of benzene rings is 2. The molecule has 1 unspecified atom stereocenters. The Balaban J connectivity index is 1.73. The third-order valence-corrected chi connectivity index (χ3v) is 6.12. The van der Waals surface area contributed by atoms with E-state index >= 15 is 0 Å². The minimum atomic E-state index is -1.03. The van der Waals surface area contributed by atoms with Gasteiger partial charge in [0.25, 0.3) is 11.8 Å². The molecule has 0 radical (unpaired) electrons. The highest BCUT2D eigenvalue weighted by atomic mass is 79.9. The van der Waals surface area contributed by atoms with Crippen molar-refractivity contribution in [3.63, 3.8) is 0 Å². The molecule has 7 heteroatoms. The summed E-state index contributed by atoms with van der Waals surface area (Å²) in [5.41, 5.74) is 7.54. The minimum absolute atomic E-state index is 0.0340. The molecule has 0 aliphatic carbocycles. The second kappa shape index (κ2) is 9.64. The molecule has 0 saturated carbocycles. The number of carbonyl (C=O) groups excluding carboxylic acids is 2. The van der Waals surface area contributed by atoms with Crippen LogP contribution in [0.1, 0.15) is 48.7 Å². The van der Waals surface area contributed by atoms with Crippen molar-refractivity contribution in [1.29, 1.82) is 0 Å². The molecule has 1 aliphatic rings. The summed E-state index contributed by atoms with van der Waals surface area (Å²) in [4.78, 5) is 33.8. The summed E-state index contributed by atoms with van der Waals surface area (Å²) in [6.45, 7) is 7.66. The van der Waals surface area contributed by atoms with E-state index in [1.807, 2.05) is 60.4 Å². The van der Waals surface area contributed by atoms with E-state index in [9.17, 15) is 9.59 Å². The van der Waals surface area contributed by atoms with Crippen molar-refractivity contribution < 1.29 is 9.59 Å². The molecule has 0 bridgehead atoms. The van der Waals surface area contributed by atoms with Crippen LogP contribution in [0.15, 0.2) is 58.0 Å². The third-order valence-electron chi connectivity index (χ3n) is 5.62. The topological polar surface area (TPSA) is 79.0 Å². The van der Waals surface area contributed by atoms with Gasteiger partial charge in [0.15, 0.2) is 11.5 Å². The highest BCUT2D eigenvalue weighted by Crippen LogP contribution is 2.33. The van der Waals surface area contributed by atoms with E-state index < -0.39 is 5.54 Å². The SMILES string of the molecule is CCCN(CC)C(=O)c1cccc(CCN2C(=O)C(C)(c3cccc(Br)c3)N=C2N)c1. The average Bonchev–Trinajstić information content (AvgIpc) is 2.99. The fraction of sp³-hybridized carbons (Fsp3) is 0.375. The van der Waals surface area contributed by atoms with Crippen molar-refractivity contribution in [3.8, 4) is 0 Å². The van der Waals surface area contributed by atoms with Crippen LogP contribution in [0.3, 0.4) is 0 Å². The van der Waals surface area contributed by atoms with Gasteiger partial charge in [-0.3, -0.25) is 14.5 Å². The molecule has 3 rings (SSSR count). The highest BCUT2D eigenvalue weighted by molar-refractivity contribution is 9.10.